The minimum atomic E-state index is -0.761. The number of carboxylic acids is 1. The zero-order valence-corrected chi connectivity index (χ0v) is 10.3. The third kappa shape index (κ3) is 3.80. The fourth-order valence-electron chi connectivity index (χ4n) is 2.03. The van der Waals surface area contributed by atoms with Crippen molar-refractivity contribution in [3.63, 3.8) is 0 Å². The lowest BCUT2D eigenvalue weighted by molar-refractivity contribution is -0.137. The Hall–Kier alpha value is -1.43. The Balaban J connectivity index is 1.76. The molecule has 2 heterocycles. The molecule has 0 aromatic carbocycles. The number of rotatable bonds is 6. The quantitative estimate of drug-likeness (QED) is 0.778. The molecule has 6 heteroatoms. The van der Waals surface area contributed by atoms with Crippen LogP contribution in [0.15, 0.2) is 4.42 Å². The highest BCUT2D eigenvalue weighted by Crippen LogP contribution is 2.25. The number of carbonyl (C=O) groups is 1. The zero-order valence-electron chi connectivity index (χ0n) is 10.3. The fourth-order valence-corrected chi connectivity index (χ4v) is 2.03. The smallest absolute Gasteiger partial charge is 0.303 e. The van der Waals surface area contributed by atoms with Crippen LogP contribution >= 0.6 is 0 Å². The average Bonchev–Trinajstić information content (AvgIpc) is 2.84. The van der Waals surface area contributed by atoms with Gasteiger partial charge in [0.05, 0.1) is 0 Å². The van der Waals surface area contributed by atoms with Gasteiger partial charge in [-0.2, -0.15) is 0 Å². The van der Waals surface area contributed by atoms with E-state index in [-0.39, 0.29) is 6.42 Å². The third-order valence-corrected chi connectivity index (χ3v) is 3.08. The van der Waals surface area contributed by atoms with E-state index in [9.17, 15) is 4.79 Å². The van der Waals surface area contributed by atoms with E-state index >= 15 is 0 Å². The molecule has 6 nitrogen and oxygen atoms in total. The van der Waals surface area contributed by atoms with Gasteiger partial charge in [0.2, 0.25) is 11.8 Å². The van der Waals surface area contributed by atoms with Crippen molar-refractivity contribution in [2.75, 3.05) is 13.2 Å². The normalized spacial score (nSPS) is 16.9. The van der Waals surface area contributed by atoms with E-state index < -0.39 is 5.97 Å². The maximum absolute atomic E-state index is 10.4. The second-order valence-corrected chi connectivity index (χ2v) is 4.52. The van der Waals surface area contributed by atoms with Crippen LogP contribution in [-0.4, -0.2) is 34.5 Å². The topological polar surface area (TPSA) is 85.5 Å². The van der Waals surface area contributed by atoms with E-state index in [0.29, 0.717) is 30.5 Å². The number of ether oxygens (including phenoxy) is 1. The van der Waals surface area contributed by atoms with E-state index in [1.807, 2.05) is 0 Å². The lowest BCUT2D eigenvalue weighted by atomic mass is 10.0. The SMILES string of the molecule is O=C(O)CCCCc1nnc(C2CCOCC2)o1. The van der Waals surface area contributed by atoms with Gasteiger partial charge in [0.15, 0.2) is 0 Å². The van der Waals surface area contributed by atoms with Gasteiger partial charge in [0.1, 0.15) is 0 Å². The second-order valence-electron chi connectivity index (χ2n) is 4.52. The number of aryl methyl sites for hydroxylation is 1. The standard InChI is InChI=1S/C12H18N2O4/c15-11(16)4-2-1-3-10-13-14-12(18-10)9-5-7-17-8-6-9/h9H,1-8H2,(H,15,16). The van der Waals surface area contributed by atoms with Crippen LogP contribution < -0.4 is 0 Å². The molecule has 0 radical (unpaired) electrons. The van der Waals surface area contributed by atoms with E-state index in [1.54, 1.807) is 0 Å². The molecule has 0 amide bonds. The third-order valence-electron chi connectivity index (χ3n) is 3.08. The summed E-state index contributed by atoms with van der Waals surface area (Å²) in [6.45, 7) is 1.50. The lowest BCUT2D eigenvalue weighted by Crippen LogP contribution is -2.14. The number of aliphatic carboxylic acids is 1. The van der Waals surface area contributed by atoms with Gasteiger partial charge < -0.3 is 14.3 Å². The van der Waals surface area contributed by atoms with Crippen LogP contribution in [0.3, 0.4) is 0 Å². The molecule has 1 aromatic heterocycles. The zero-order chi connectivity index (χ0) is 12.8. The van der Waals surface area contributed by atoms with Gasteiger partial charge in [-0.1, -0.05) is 0 Å². The summed E-state index contributed by atoms with van der Waals surface area (Å²) in [5.74, 6) is 0.871. The van der Waals surface area contributed by atoms with Crippen LogP contribution in [-0.2, 0) is 16.0 Å². The van der Waals surface area contributed by atoms with E-state index in [1.165, 1.54) is 0 Å². The molecular weight excluding hydrogens is 236 g/mol. The monoisotopic (exact) mass is 254 g/mol. The summed E-state index contributed by atoms with van der Waals surface area (Å²) < 4.78 is 10.9. The molecule has 0 unspecified atom stereocenters. The van der Waals surface area contributed by atoms with Gasteiger partial charge in [-0.25, -0.2) is 0 Å². The molecule has 1 aromatic rings. The van der Waals surface area contributed by atoms with Crippen molar-refractivity contribution < 1.29 is 19.1 Å². The largest absolute Gasteiger partial charge is 0.481 e. The first-order chi connectivity index (χ1) is 8.75. The van der Waals surface area contributed by atoms with Gasteiger partial charge in [0, 0.05) is 32.0 Å². The Kier molecular flexibility index (Phi) is 4.69. The molecule has 1 N–H and O–H groups in total. The van der Waals surface area contributed by atoms with Crippen molar-refractivity contribution in [1.29, 1.82) is 0 Å². The molecule has 0 aliphatic carbocycles. The highest BCUT2D eigenvalue weighted by molar-refractivity contribution is 5.66. The minimum Gasteiger partial charge on any atom is -0.481 e. The van der Waals surface area contributed by atoms with Crippen LogP contribution in [0.2, 0.25) is 0 Å². The molecule has 0 saturated carbocycles. The molecule has 1 fully saturated rings. The van der Waals surface area contributed by atoms with Crippen LogP contribution in [0.25, 0.3) is 0 Å². The molecular formula is C12H18N2O4. The Morgan fingerprint density at radius 2 is 2.06 bits per heavy atom. The number of aromatic nitrogens is 2. The van der Waals surface area contributed by atoms with Crippen LogP contribution in [0, 0.1) is 0 Å². The number of hydrogen-bond acceptors (Lipinski definition) is 5. The van der Waals surface area contributed by atoms with Crippen molar-refractivity contribution in [3.8, 4) is 0 Å². The maximum Gasteiger partial charge on any atom is 0.303 e. The predicted octanol–water partition coefficient (Wildman–Crippen LogP) is 1.76. The van der Waals surface area contributed by atoms with Gasteiger partial charge >= 0.3 is 5.97 Å². The molecule has 0 atom stereocenters. The van der Waals surface area contributed by atoms with Crippen molar-refractivity contribution in [3.05, 3.63) is 11.8 Å². The molecule has 0 spiro atoms. The summed E-state index contributed by atoms with van der Waals surface area (Å²) in [6, 6.07) is 0. The first-order valence-electron chi connectivity index (χ1n) is 6.37. The molecule has 0 bridgehead atoms. The van der Waals surface area contributed by atoms with E-state index in [0.717, 1.165) is 32.5 Å². The number of unbranched alkanes of at least 4 members (excludes halogenated alkanes) is 1. The number of carboxylic acid groups (broad SMARTS) is 1. The lowest BCUT2D eigenvalue weighted by Gasteiger charge is -2.18. The summed E-state index contributed by atoms with van der Waals surface area (Å²) in [4.78, 5) is 10.4. The molecule has 1 aliphatic heterocycles. The second kappa shape index (κ2) is 6.49. The highest BCUT2D eigenvalue weighted by Gasteiger charge is 2.21. The maximum atomic E-state index is 10.4. The fraction of sp³-hybridized carbons (Fsp3) is 0.750. The Labute approximate surface area is 105 Å². The van der Waals surface area contributed by atoms with E-state index in [4.69, 9.17) is 14.3 Å². The summed E-state index contributed by atoms with van der Waals surface area (Å²) >= 11 is 0. The van der Waals surface area contributed by atoms with Gasteiger partial charge in [-0.05, 0) is 25.7 Å². The first-order valence-corrected chi connectivity index (χ1v) is 6.37. The minimum absolute atomic E-state index is 0.195. The van der Waals surface area contributed by atoms with Crippen LogP contribution in [0.4, 0.5) is 0 Å². The molecule has 18 heavy (non-hydrogen) atoms. The predicted molar refractivity (Wildman–Crippen MR) is 62.3 cm³/mol. The van der Waals surface area contributed by atoms with Gasteiger partial charge in [0.25, 0.3) is 0 Å². The Morgan fingerprint density at radius 3 is 2.78 bits per heavy atom. The summed E-state index contributed by atoms with van der Waals surface area (Å²) in [5, 5.41) is 16.6. The Morgan fingerprint density at radius 1 is 1.28 bits per heavy atom. The number of hydrogen-bond donors (Lipinski definition) is 1. The first kappa shape index (κ1) is 13.0. The summed E-state index contributed by atoms with van der Waals surface area (Å²) in [6.07, 6.45) is 4.12. The van der Waals surface area contributed by atoms with Gasteiger partial charge in [-0.3, -0.25) is 4.79 Å². The van der Waals surface area contributed by atoms with Crippen LogP contribution in [0.1, 0.15) is 49.8 Å². The molecule has 1 saturated heterocycles. The van der Waals surface area contributed by atoms with E-state index in [2.05, 4.69) is 10.2 Å². The van der Waals surface area contributed by atoms with Crippen LogP contribution in [0.5, 0.6) is 0 Å². The van der Waals surface area contributed by atoms with Crippen molar-refractivity contribution in [2.24, 2.45) is 0 Å². The Bertz CT molecular complexity index is 385. The highest BCUT2D eigenvalue weighted by atomic mass is 16.5. The molecule has 2 rings (SSSR count). The molecule has 100 valence electrons. The van der Waals surface area contributed by atoms with Crippen molar-refractivity contribution in [2.45, 2.75) is 44.4 Å². The summed E-state index contributed by atoms with van der Waals surface area (Å²) in [7, 11) is 0. The van der Waals surface area contributed by atoms with Gasteiger partial charge in [-0.15, -0.1) is 10.2 Å². The van der Waals surface area contributed by atoms with Crippen molar-refractivity contribution in [1.82, 2.24) is 10.2 Å². The molecule has 1 aliphatic rings. The number of nitrogens with zero attached hydrogens (tertiary/aromatic N) is 2. The average molecular weight is 254 g/mol. The van der Waals surface area contributed by atoms with Crippen molar-refractivity contribution >= 4 is 5.97 Å². The summed E-state index contributed by atoms with van der Waals surface area (Å²) in [5.41, 5.74) is 0.